The first kappa shape index (κ1) is 17.5. The van der Waals surface area contributed by atoms with E-state index in [-0.39, 0.29) is 11.8 Å². The van der Waals surface area contributed by atoms with Crippen molar-refractivity contribution >= 4 is 29.1 Å². The smallest absolute Gasteiger partial charge is 0.253 e. The Morgan fingerprint density at radius 2 is 1.80 bits per heavy atom. The molecule has 3 rings (SSSR count). The minimum atomic E-state index is -0.0920. The Morgan fingerprint density at radius 1 is 1.04 bits per heavy atom. The molecule has 0 atom stereocenters. The van der Waals surface area contributed by atoms with E-state index in [9.17, 15) is 9.59 Å². The molecule has 5 heteroatoms. The predicted octanol–water partition coefficient (Wildman–Crippen LogP) is 4.15. The molecule has 0 spiro atoms. The van der Waals surface area contributed by atoms with Gasteiger partial charge in [-0.2, -0.15) is 0 Å². The molecule has 2 aromatic rings. The SMILES string of the molecule is O=C(CCc1ccccc1Cl)Nc1cccc(C(=O)N2CCCC2)c1. The van der Waals surface area contributed by atoms with Crippen molar-refractivity contribution in [2.24, 2.45) is 0 Å². The zero-order chi connectivity index (χ0) is 17.6. The van der Waals surface area contributed by atoms with Crippen LogP contribution in [0.3, 0.4) is 0 Å². The van der Waals surface area contributed by atoms with Crippen LogP contribution in [0.4, 0.5) is 5.69 Å². The van der Waals surface area contributed by atoms with Crippen LogP contribution in [0.15, 0.2) is 48.5 Å². The van der Waals surface area contributed by atoms with Crippen molar-refractivity contribution in [3.8, 4) is 0 Å². The molecule has 0 aromatic heterocycles. The number of hydrogen-bond acceptors (Lipinski definition) is 2. The van der Waals surface area contributed by atoms with Crippen LogP contribution in [0, 0.1) is 0 Å². The van der Waals surface area contributed by atoms with Crippen LogP contribution in [0.25, 0.3) is 0 Å². The number of carbonyl (C=O) groups is 2. The van der Waals surface area contributed by atoms with Gasteiger partial charge >= 0.3 is 0 Å². The van der Waals surface area contributed by atoms with Gasteiger partial charge in [0.15, 0.2) is 0 Å². The molecule has 1 fully saturated rings. The van der Waals surface area contributed by atoms with Gasteiger partial charge in [0.1, 0.15) is 0 Å². The molecule has 1 aliphatic rings. The lowest BCUT2D eigenvalue weighted by Gasteiger charge is -2.15. The predicted molar refractivity (Wildman–Crippen MR) is 100.0 cm³/mol. The summed E-state index contributed by atoms with van der Waals surface area (Å²) < 4.78 is 0. The first-order valence-corrected chi connectivity index (χ1v) is 8.94. The fraction of sp³-hybridized carbons (Fsp3) is 0.300. The number of benzene rings is 2. The fourth-order valence-electron chi connectivity index (χ4n) is 3.01. The highest BCUT2D eigenvalue weighted by atomic mass is 35.5. The maximum Gasteiger partial charge on any atom is 0.253 e. The van der Waals surface area contributed by atoms with Crippen molar-refractivity contribution in [1.29, 1.82) is 0 Å². The van der Waals surface area contributed by atoms with Gasteiger partial charge in [0, 0.05) is 35.8 Å². The Labute approximate surface area is 152 Å². The molecule has 2 amide bonds. The fourth-order valence-corrected chi connectivity index (χ4v) is 3.24. The molecule has 1 aliphatic heterocycles. The Hall–Kier alpha value is -2.33. The van der Waals surface area contributed by atoms with Crippen molar-refractivity contribution in [1.82, 2.24) is 4.90 Å². The molecule has 1 heterocycles. The van der Waals surface area contributed by atoms with Crippen LogP contribution < -0.4 is 5.32 Å². The van der Waals surface area contributed by atoms with Crippen molar-refractivity contribution < 1.29 is 9.59 Å². The third kappa shape index (κ3) is 4.60. The Balaban J connectivity index is 1.59. The van der Waals surface area contributed by atoms with Gasteiger partial charge in [-0.15, -0.1) is 0 Å². The lowest BCUT2D eigenvalue weighted by molar-refractivity contribution is -0.116. The average Bonchev–Trinajstić information content (AvgIpc) is 3.15. The number of likely N-dealkylation sites (tertiary alicyclic amines) is 1. The summed E-state index contributed by atoms with van der Waals surface area (Å²) in [5.74, 6) is -0.0599. The summed E-state index contributed by atoms with van der Waals surface area (Å²) in [7, 11) is 0. The lowest BCUT2D eigenvalue weighted by atomic mass is 10.1. The molecule has 4 nitrogen and oxygen atoms in total. The van der Waals surface area contributed by atoms with E-state index in [1.807, 2.05) is 29.2 Å². The number of rotatable bonds is 5. The number of nitrogens with zero attached hydrogens (tertiary/aromatic N) is 1. The Kier molecular flexibility index (Phi) is 5.71. The van der Waals surface area contributed by atoms with E-state index in [1.54, 1.807) is 24.3 Å². The first-order chi connectivity index (χ1) is 12.1. The number of hydrogen-bond donors (Lipinski definition) is 1. The molecule has 0 bridgehead atoms. The van der Waals surface area contributed by atoms with Gasteiger partial charge < -0.3 is 10.2 Å². The summed E-state index contributed by atoms with van der Waals surface area (Å²) in [5, 5.41) is 3.54. The van der Waals surface area contributed by atoms with Crippen molar-refractivity contribution in [2.75, 3.05) is 18.4 Å². The van der Waals surface area contributed by atoms with E-state index < -0.39 is 0 Å². The van der Waals surface area contributed by atoms with Gasteiger partial charge in [-0.1, -0.05) is 35.9 Å². The third-order valence-electron chi connectivity index (χ3n) is 4.37. The number of nitrogens with one attached hydrogen (secondary N) is 1. The largest absolute Gasteiger partial charge is 0.339 e. The summed E-state index contributed by atoms with van der Waals surface area (Å²) in [6, 6.07) is 14.7. The highest BCUT2D eigenvalue weighted by Gasteiger charge is 2.19. The molecule has 0 radical (unpaired) electrons. The second kappa shape index (κ2) is 8.17. The first-order valence-electron chi connectivity index (χ1n) is 8.56. The molecule has 0 aliphatic carbocycles. The van der Waals surface area contributed by atoms with Gasteiger partial charge in [-0.05, 0) is 49.1 Å². The summed E-state index contributed by atoms with van der Waals surface area (Å²) in [6.45, 7) is 1.63. The molecule has 1 saturated heterocycles. The molecular weight excluding hydrogens is 336 g/mol. The van der Waals surface area contributed by atoms with Crippen LogP contribution >= 0.6 is 11.6 Å². The Bertz CT molecular complexity index is 770. The summed E-state index contributed by atoms with van der Waals surface area (Å²) in [4.78, 5) is 26.5. The molecular formula is C20H21ClN2O2. The zero-order valence-corrected chi connectivity index (χ0v) is 14.8. The number of halogens is 1. The third-order valence-corrected chi connectivity index (χ3v) is 4.73. The van der Waals surface area contributed by atoms with Gasteiger partial charge in [-0.25, -0.2) is 0 Å². The molecule has 130 valence electrons. The highest BCUT2D eigenvalue weighted by Crippen LogP contribution is 2.18. The normalized spacial score (nSPS) is 13.7. The Morgan fingerprint density at radius 3 is 2.56 bits per heavy atom. The summed E-state index contributed by atoms with van der Waals surface area (Å²) in [6.07, 6.45) is 3.04. The topological polar surface area (TPSA) is 49.4 Å². The van der Waals surface area contributed by atoms with Crippen LogP contribution in [-0.4, -0.2) is 29.8 Å². The maximum absolute atomic E-state index is 12.4. The van der Waals surface area contributed by atoms with Gasteiger partial charge in [0.05, 0.1) is 0 Å². The van der Waals surface area contributed by atoms with E-state index >= 15 is 0 Å². The van der Waals surface area contributed by atoms with Gasteiger partial charge in [0.2, 0.25) is 5.91 Å². The second-order valence-electron chi connectivity index (χ2n) is 6.22. The summed E-state index contributed by atoms with van der Waals surface area (Å²) in [5.41, 5.74) is 2.22. The van der Waals surface area contributed by atoms with E-state index in [4.69, 9.17) is 11.6 Å². The van der Waals surface area contributed by atoms with Gasteiger partial charge in [-0.3, -0.25) is 9.59 Å². The second-order valence-corrected chi connectivity index (χ2v) is 6.63. The van der Waals surface area contributed by atoms with Crippen LogP contribution in [0.1, 0.15) is 35.2 Å². The minimum absolute atomic E-state index is 0.0321. The van der Waals surface area contributed by atoms with Crippen LogP contribution in [-0.2, 0) is 11.2 Å². The molecule has 0 unspecified atom stereocenters. The van der Waals surface area contributed by atoms with Crippen molar-refractivity contribution in [2.45, 2.75) is 25.7 Å². The summed E-state index contributed by atoms with van der Waals surface area (Å²) >= 11 is 6.11. The maximum atomic E-state index is 12.4. The van der Waals surface area contributed by atoms with Crippen molar-refractivity contribution in [3.05, 3.63) is 64.7 Å². The number of aryl methyl sites for hydroxylation is 1. The quantitative estimate of drug-likeness (QED) is 0.875. The van der Waals surface area contributed by atoms with E-state index in [0.717, 1.165) is 31.5 Å². The van der Waals surface area contributed by atoms with Crippen molar-refractivity contribution in [3.63, 3.8) is 0 Å². The zero-order valence-electron chi connectivity index (χ0n) is 14.0. The monoisotopic (exact) mass is 356 g/mol. The molecule has 2 aromatic carbocycles. The van der Waals surface area contributed by atoms with Crippen LogP contribution in [0.2, 0.25) is 5.02 Å². The average molecular weight is 357 g/mol. The van der Waals surface area contributed by atoms with E-state index in [2.05, 4.69) is 5.32 Å². The van der Waals surface area contributed by atoms with E-state index in [0.29, 0.717) is 29.1 Å². The van der Waals surface area contributed by atoms with Crippen LogP contribution in [0.5, 0.6) is 0 Å². The molecule has 1 N–H and O–H groups in total. The highest BCUT2D eigenvalue weighted by molar-refractivity contribution is 6.31. The number of amides is 2. The molecule has 0 saturated carbocycles. The standard InChI is InChI=1S/C20H21ClN2O2/c21-18-9-2-1-6-15(18)10-11-19(24)22-17-8-5-7-16(14-17)20(25)23-12-3-4-13-23/h1-2,5-9,14H,3-4,10-13H2,(H,22,24). The van der Waals surface area contributed by atoms with E-state index in [1.165, 1.54) is 0 Å². The number of anilines is 1. The lowest BCUT2D eigenvalue weighted by Crippen LogP contribution is -2.27. The van der Waals surface area contributed by atoms with Gasteiger partial charge in [0.25, 0.3) is 5.91 Å². The molecule has 25 heavy (non-hydrogen) atoms. The minimum Gasteiger partial charge on any atom is -0.339 e. The number of carbonyl (C=O) groups excluding carboxylic acids is 2.